The minimum atomic E-state index is 0.505. The van der Waals surface area contributed by atoms with Crippen LogP contribution < -0.4 is 4.74 Å². The maximum Gasteiger partial charge on any atom is 0.191 e. The van der Waals surface area contributed by atoms with Gasteiger partial charge in [0.1, 0.15) is 5.75 Å². The Morgan fingerprint density at radius 3 is 2.57 bits per heavy atom. The van der Waals surface area contributed by atoms with Crippen molar-refractivity contribution in [3.63, 3.8) is 0 Å². The van der Waals surface area contributed by atoms with Gasteiger partial charge in [0, 0.05) is 11.6 Å². The first kappa shape index (κ1) is 16.4. The lowest BCUT2D eigenvalue weighted by Crippen LogP contribution is -2.22. The molecule has 1 aromatic heterocycles. The summed E-state index contributed by atoms with van der Waals surface area (Å²) >= 11 is 1.79. The summed E-state index contributed by atoms with van der Waals surface area (Å²) in [6.07, 6.45) is 5.15. The fourth-order valence-electron chi connectivity index (χ4n) is 3.42. The molecule has 5 heteroatoms. The van der Waals surface area contributed by atoms with E-state index in [4.69, 9.17) is 4.74 Å². The Morgan fingerprint density at radius 2 is 1.91 bits per heavy atom. The van der Waals surface area contributed by atoms with E-state index in [-0.39, 0.29) is 0 Å². The highest BCUT2D eigenvalue weighted by atomic mass is 32.2. The number of nitrogens with zero attached hydrogens (tertiary/aromatic N) is 3. The van der Waals surface area contributed by atoms with Gasteiger partial charge in [-0.05, 0) is 48.8 Å². The molecular formula is C18H25N3OS. The summed E-state index contributed by atoms with van der Waals surface area (Å²) in [6.45, 7) is 4.53. The van der Waals surface area contributed by atoms with Crippen LogP contribution in [0.4, 0.5) is 0 Å². The molecule has 1 fully saturated rings. The summed E-state index contributed by atoms with van der Waals surface area (Å²) in [6, 6.07) is 8.64. The van der Waals surface area contributed by atoms with Gasteiger partial charge in [-0.25, -0.2) is 0 Å². The van der Waals surface area contributed by atoms with Crippen molar-refractivity contribution in [1.82, 2.24) is 14.8 Å². The SMILES string of the molecule is CCSc1nnc(-c2ccc(OC)cc2)n1C1CCCCC1C. The van der Waals surface area contributed by atoms with E-state index < -0.39 is 0 Å². The molecule has 0 N–H and O–H groups in total. The lowest BCUT2D eigenvalue weighted by Gasteiger charge is -2.31. The van der Waals surface area contributed by atoms with Gasteiger partial charge in [-0.2, -0.15) is 0 Å². The van der Waals surface area contributed by atoms with E-state index in [1.807, 2.05) is 12.1 Å². The van der Waals surface area contributed by atoms with E-state index >= 15 is 0 Å². The Hall–Kier alpha value is -1.49. The van der Waals surface area contributed by atoms with Crippen LogP contribution in [0.5, 0.6) is 5.75 Å². The number of thioether (sulfide) groups is 1. The van der Waals surface area contributed by atoms with Crippen LogP contribution in [-0.4, -0.2) is 27.6 Å². The molecule has 0 radical (unpaired) electrons. The quantitative estimate of drug-likeness (QED) is 0.737. The zero-order valence-corrected chi connectivity index (χ0v) is 15.0. The second-order valence-corrected chi connectivity index (χ2v) is 7.40. The Balaban J connectivity index is 2.01. The fraction of sp³-hybridized carbons (Fsp3) is 0.556. The van der Waals surface area contributed by atoms with E-state index in [2.05, 4.69) is 40.7 Å². The zero-order valence-electron chi connectivity index (χ0n) is 14.2. The second kappa shape index (κ2) is 7.39. The number of ether oxygens (including phenoxy) is 1. The number of benzene rings is 1. The van der Waals surface area contributed by atoms with Crippen LogP contribution in [0.25, 0.3) is 11.4 Å². The predicted molar refractivity (Wildman–Crippen MR) is 95.1 cm³/mol. The summed E-state index contributed by atoms with van der Waals surface area (Å²) in [5, 5.41) is 10.1. The first-order chi connectivity index (χ1) is 11.2. The Bertz CT molecular complexity index is 638. The van der Waals surface area contributed by atoms with E-state index in [9.17, 15) is 0 Å². The lowest BCUT2D eigenvalue weighted by molar-refractivity contribution is 0.247. The molecule has 1 aliphatic carbocycles. The van der Waals surface area contributed by atoms with Gasteiger partial charge in [-0.3, -0.25) is 4.57 Å². The number of aromatic nitrogens is 3. The number of hydrogen-bond acceptors (Lipinski definition) is 4. The molecule has 0 bridgehead atoms. The molecule has 1 aliphatic rings. The third-order valence-corrected chi connectivity index (χ3v) is 5.51. The highest BCUT2D eigenvalue weighted by molar-refractivity contribution is 7.99. The largest absolute Gasteiger partial charge is 0.497 e. The van der Waals surface area contributed by atoms with Crippen molar-refractivity contribution in [1.29, 1.82) is 0 Å². The third kappa shape index (κ3) is 3.39. The highest BCUT2D eigenvalue weighted by Crippen LogP contribution is 2.39. The van der Waals surface area contributed by atoms with Crippen LogP contribution in [0, 0.1) is 5.92 Å². The summed E-state index contributed by atoms with van der Waals surface area (Å²) < 4.78 is 7.65. The van der Waals surface area contributed by atoms with E-state index in [0.717, 1.165) is 28.0 Å². The lowest BCUT2D eigenvalue weighted by atomic mass is 9.85. The van der Waals surface area contributed by atoms with Crippen molar-refractivity contribution < 1.29 is 4.74 Å². The molecule has 4 nitrogen and oxygen atoms in total. The smallest absolute Gasteiger partial charge is 0.191 e. The van der Waals surface area contributed by atoms with Crippen molar-refractivity contribution in [2.75, 3.05) is 12.9 Å². The molecule has 1 heterocycles. The molecule has 3 rings (SSSR count). The second-order valence-electron chi connectivity index (χ2n) is 6.17. The van der Waals surface area contributed by atoms with Crippen molar-refractivity contribution in [3.8, 4) is 17.1 Å². The number of hydrogen-bond donors (Lipinski definition) is 0. The van der Waals surface area contributed by atoms with Crippen LogP contribution in [0.15, 0.2) is 29.4 Å². The maximum atomic E-state index is 5.27. The van der Waals surface area contributed by atoms with Crippen molar-refractivity contribution in [3.05, 3.63) is 24.3 Å². The molecular weight excluding hydrogens is 306 g/mol. The molecule has 0 saturated heterocycles. The Labute approximate surface area is 142 Å². The van der Waals surface area contributed by atoms with E-state index in [1.54, 1.807) is 18.9 Å². The highest BCUT2D eigenvalue weighted by Gasteiger charge is 2.28. The van der Waals surface area contributed by atoms with E-state index in [1.165, 1.54) is 25.7 Å². The van der Waals surface area contributed by atoms with Crippen LogP contribution in [0.1, 0.15) is 45.6 Å². The summed E-state index contributed by atoms with van der Waals surface area (Å²) in [5.41, 5.74) is 1.11. The standard InChI is InChI=1S/C18H25N3OS/c1-4-23-18-20-19-17(14-9-11-15(22-3)12-10-14)21(18)16-8-6-5-7-13(16)2/h9-13,16H,4-8H2,1-3H3. The molecule has 1 aromatic carbocycles. The summed E-state index contributed by atoms with van der Waals surface area (Å²) in [7, 11) is 1.69. The van der Waals surface area contributed by atoms with Gasteiger partial charge in [-0.1, -0.05) is 38.5 Å². The van der Waals surface area contributed by atoms with Gasteiger partial charge in [0.05, 0.1) is 7.11 Å². The third-order valence-electron chi connectivity index (χ3n) is 4.68. The van der Waals surface area contributed by atoms with Crippen molar-refractivity contribution in [2.45, 2.75) is 50.7 Å². The van der Waals surface area contributed by atoms with Gasteiger partial charge in [-0.15, -0.1) is 10.2 Å². The van der Waals surface area contributed by atoms with Gasteiger partial charge in [0.25, 0.3) is 0 Å². The van der Waals surface area contributed by atoms with Gasteiger partial charge in [0.2, 0.25) is 0 Å². The average Bonchev–Trinajstić information content (AvgIpc) is 2.99. The van der Waals surface area contributed by atoms with Gasteiger partial charge in [0.15, 0.2) is 11.0 Å². The molecule has 2 unspecified atom stereocenters. The molecule has 124 valence electrons. The molecule has 2 aromatic rings. The topological polar surface area (TPSA) is 39.9 Å². The van der Waals surface area contributed by atoms with Crippen molar-refractivity contribution in [2.24, 2.45) is 5.92 Å². The molecule has 0 amide bonds. The molecule has 0 aliphatic heterocycles. The zero-order chi connectivity index (χ0) is 16.2. The first-order valence-electron chi connectivity index (χ1n) is 8.46. The molecule has 2 atom stereocenters. The minimum absolute atomic E-state index is 0.505. The van der Waals surface area contributed by atoms with Gasteiger partial charge < -0.3 is 4.74 Å². The average molecular weight is 331 g/mol. The first-order valence-corrected chi connectivity index (χ1v) is 9.45. The monoisotopic (exact) mass is 331 g/mol. The summed E-state index contributed by atoms with van der Waals surface area (Å²) in [4.78, 5) is 0. The molecule has 1 saturated carbocycles. The Kier molecular flexibility index (Phi) is 5.26. The fourth-order valence-corrected chi connectivity index (χ4v) is 4.14. The molecule has 0 spiro atoms. The van der Waals surface area contributed by atoms with Crippen molar-refractivity contribution >= 4 is 11.8 Å². The summed E-state index contributed by atoms with van der Waals surface area (Å²) in [5.74, 6) is 3.55. The van der Waals surface area contributed by atoms with Gasteiger partial charge >= 0.3 is 0 Å². The van der Waals surface area contributed by atoms with Crippen LogP contribution in [-0.2, 0) is 0 Å². The predicted octanol–water partition coefficient (Wildman–Crippen LogP) is 4.82. The van der Waals surface area contributed by atoms with Crippen LogP contribution in [0.3, 0.4) is 0 Å². The molecule has 23 heavy (non-hydrogen) atoms. The Morgan fingerprint density at radius 1 is 1.17 bits per heavy atom. The van der Waals surface area contributed by atoms with E-state index in [0.29, 0.717) is 12.0 Å². The van der Waals surface area contributed by atoms with Crippen LogP contribution in [0.2, 0.25) is 0 Å². The minimum Gasteiger partial charge on any atom is -0.497 e. The number of methoxy groups -OCH3 is 1. The van der Waals surface area contributed by atoms with Crippen LogP contribution >= 0.6 is 11.8 Å². The maximum absolute atomic E-state index is 5.27. The normalized spacial score (nSPS) is 21.3. The number of rotatable bonds is 5.